The number of carbonyl (C=O) groups is 2. The summed E-state index contributed by atoms with van der Waals surface area (Å²) in [7, 11) is 0. The molecule has 0 bridgehead atoms. The van der Waals surface area contributed by atoms with Crippen LogP contribution in [0.2, 0.25) is 0 Å². The average molecular weight is 302 g/mol. The van der Waals surface area contributed by atoms with Crippen LogP contribution < -0.4 is 5.32 Å². The summed E-state index contributed by atoms with van der Waals surface area (Å²) in [6, 6.07) is 4.18. The van der Waals surface area contributed by atoms with E-state index in [1.165, 1.54) is 18.2 Å². The molecule has 0 aliphatic rings. The van der Waals surface area contributed by atoms with E-state index in [-0.39, 0.29) is 28.3 Å². The molecule has 0 fully saturated rings. The van der Waals surface area contributed by atoms with Gasteiger partial charge in [0.15, 0.2) is 5.78 Å². The maximum Gasteiger partial charge on any atom is 0.252 e. The summed E-state index contributed by atoms with van der Waals surface area (Å²) in [5.41, 5.74) is 0.182. The van der Waals surface area contributed by atoms with Crippen LogP contribution >= 0.6 is 15.9 Å². The maximum absolute atomic E-state index is 13.2. The Hall–Kier alpha value is -1.23. The number of hydrogen-bond donors (Lipinski definition) is 1. The maximum atomic E-state index is 13.2. The summed E-state index contributed by atoms with van der Waals surface area (Å²) in [6.07, 6.45) is 0. The summed E-state index contributed by atoms with van der Waals surface area (Å²) < 4.78 is 13.3. The lowest BCUT2D eigenvalue weighted by atomic mass is 10.1. The standard InChI is InChI=1S/C12H13BrFNO2/c1-7(2)10(16)6-15-12(17)8-4-3-5-9(14)11(8)13/h3-5,7H,6H2,1-2H3,(H,15,17). The minimum absolute atomic E-state index is 0.0422. The van der Waals surface area contributed by atoms with Crippen LogP contribution in [0.3, 0.4) is 0 Å². The zero-order valence-electron chi connectivity index (χ0n) is 9.59. The highest BCUT2D eigenvalue weighted by Gasteiger charge is 2.14. The van der Waals surface area contributed by atoms with Crippen LogP contribution in [0.5, 0.6) is 0 Å². The van der Waals surface area contributed by atoms with E-state index in [2.05, 4.69) is 21.2 Å². The van der Waals surface area contributed by atoms with Crippen molar-refractivity contribution in [1.82, 2.24) is 5.32 Å². The van der Waals surface area contributed by atoms with E-state index in [4.69, 9.17) is 0 Å². The van der Waals surface area contributed by atoms with E-state index < -0.39 is 11.7 Å². The Kier molecular flexibility index (Phi) is 4.81. The molecule has 0 unspecified atom stereocenters. The zero-order chi connectivity index (χ0) is 13.0. The van der Waals surface area contributed by atoms with Gasteiger partial charge in [-0.15, -0.1) is 0 Å². The third-order valence-corrected chi connectivity index (χ3v) is 3.07. The predicted octanol–water partition coefficient (Wildman–Crippen LogP) is 2.54. The largest absolute Gasteiger partial charge is 0.345 e. The molecular formula is C12H13BrFNO2. The average Bonchev–Trinajstić information content (AvgIpc) is 2.29. The number of carbonyl (C=O) groups excluding carboxylic acids is 2. The minimum atomic E-state index is -0.507. The van der Waals surface area contributed by atoms with Crippen LogP contribution in [0.4, 0.5) is 4.39 Å². The molecule has 0 saturated heterocycles. The molecule has 5 heteroatoms. The number of rotatable bonds is 4. The highest BCUT2D eigenvalue weighted by atomic mass is 79.9. The molecule has 1 N–H and O–H groups in total. The quantitative estimate of drug-likeness (QED) is 0.929. The first-order chi connectivity index (χ1) is 7.93. The van der Waals surface area contributed by atoms with Gasteiger partial charge in [0.05, 0.1) is 16.6 Å². The fraction of sp³-hybridized carbons (Fsp3) is 0.333. The number of ketones is 1. The number of amides is 1. The second-order valence-electron chi connectivity index (χ2n) is 3.91. The van der Waals surface area contributed by atoms with Crippen molar-refractivity contribution in [3.8, 4) is 0 Å². The predicted molar refractivity (Wildman–Crippen MR) is 66.3 cm³/mol. The van der Waals surface area contributed by atoms with Crippen molar-refractivity contribution in [3.05, 3.63) is 34.1 Å². The van der Waals surface area contributed by atoms with Gasteiger partial charge in [0, 0.05) is 5.92 Å². The number of nitrogens with one attached hydrogen (secondary N) is 1. The molecule has 0 heterocycles. The van der Waals surface area contributed by atoms with Gasteiger partial charge in [-0.1, -0.05) is 19.9 Å². The van der Waals surface area contributed by atoms with E-state index >= 15 is 0 Å². The summed E-state index contributed by atoms with van der Waals surface area (Å²) in [5, 5.41) is 2.46. The molecule has 0 aromatic heterocycles. The van der Waals surface area contributed by atoms with Crippen molar-refractivity contribution in [2.45, 2.75) is 13.8 Å². The molecular weight excluding hydrogens is 289 g/mol. The number of hydrogen-bond acceptors (Lipinski definition) is 2. The highest BCUT2D eigenvalue weighted by molar-refractivity contribution is 9.10. The van der Waals surface area contributed by atoms with Crippen LogP contribution in [-0.4, -0.2) is 18.2 Å². The normalized spacial score (nSPS) is 10.4. The molecule has 0 saturated carbocycles. The van der Waals surface area contributed by atoms with Gasteiger partial charge in [-0.3, -0.25) is 9.59 Å². The third kappa shape index (κ3) is 3.63. The lowest BCUT2D eigenvalue weighted by molar-refractivity contribution is -0.120. The Morgan fingerprint density at radius 2 is 2.06 bits per heavy atom. The monoisotopic (exact) mass is 301 g/mol. The van der Waals surface area contributed by atoms with Crippen LogP contribution in [0.15, 0.2) is 22.7 Å². The lowest BCUT2D eigenvalue weighted by Crippen LogP contribution is -2.31. The molecule has 1 rings (SSSR count). The van der Waals surface area contributed by atoms with Gasteiger partial charge < -0.3 is 5.32 Å². The zero-order valence-corrected chi connectivity index (χ0v) is 11.2. The van der Waals surface area contributed by atoms with Crippen LogP contribution in [-0.2, 0) is 4.79 Å². The smallest absolute Gasteiger partial charge is 0.252 e. The molecule has 1 aromatic rings. The van der Waals surface area contributed by atoms with E-state index in [1.807, 2.05) is 0 Å². The van der Waals surface area contributed by atoms with Gasteiger partial charge >= 0.3 is 0 Å². The highest BCUT2D eigenvalue weighted by Crippen LogP contribution is 2.20. The first-order valence-electron chi connectivity index (χ1n) is 5.18. The molecule has 92 valence electrons. The molecule has 1 aromatic carbocycles. The molecule has 3 nitrogen and oxygen atoms in total. The molecule has 0 aliphatic carbocycles. The van der Waals surface area contributed by atoms with E-state index in [9.17, 15) is 14.0 Å². The van der Waals surface area contributed by atoms with Crippen molar-refractivity contribution in [2.75, 3.05) is 6.54 Å². The van der Waals surface area contributed by atoms with Gasteiger partial charge in [-0.2, -0.15) is 0 Å². The molecule has 0 atom stereocenters. The fourth-order valence-corrected chi connectivity index (χ4v) is 1.59. The lowest BCUT2D eigenvalue weighted by Gasteiger charge is -2.08. The van der Waals surface area contributed by atoms with Crippen LogP contribution in [0.25, 0.3) is 0 Å². The second kappa shape index (κ2) is 5.91. The minimum Gasteiger partial charge on any atom is -0.345 e. The van der Waals surface area contributed by atoms with Crippen molar-refractivity contribution in [2.24, 2.45) is 5.92 Å². The first kappa shape index (κ1) is 13.8. The van der Waals surface area contributed by atoms with E-state index in [1.54, 1.807) is 13.8 Å². The Bertz CT molecular complexity index is 446. The molecule has 0 aliphatic heterocycles. The van der Waals surface area contributed by atoms with Gasteiger partial charge in [0.25, 0.3) is 5.91 Å². The first-order valence-corrected chi connectivity index (χ1v) is 5.97. The van der Waals surface area contributed by atoms with E-state index in [0.29, 0.717) is 0 Å². The summed E-state index contributed by atoms with van der Waals surface area (Å²) >= 11 is 3.00. The summed E-state index contributed by atoms with van der Waals surface area (Å²) in [4.78, 5) is 23.0. The van der Waals surface area contributed by atoms with Gasteiger partial charge in [0.2, 0.25) is 0 Å². The second-order valence-corrected chi connectivity index (χ2v) is 4.70. The Balaban J connectivity index is 2.71. The SMILES string of the molecule is CC(C)C(=O)CNC(=O)c1cccc(F)c1Br. The van der Waals surface area contributed by atoms with Crippen molar-refractivity contribution in [1.29, 1.82) is 0 Å². The Morgan fingerprint density at radius 3 is 2.65 bits per heavy atom. The van der Waals surface area contributed by atoms with Gasteiger partial charge in [-0.25, -0.2) is 4.39 Å². The molecule has 17 heavy (non-hydrogen) atoms. The third-order valence-electron chi connectivity index (χ3n) is 2.26. The molecule has 0 spiro atoms. The van der Waals surface area contributed by atoms with Gasteiger partial charge in [0.1, 0.15) is 5.82 Å². The fourth-order valence-electron chi connectivity index (χ4n) is 1.15. The summed E-state index contributed by atoms with van der Waals surface area (Å²) in [5.74, 6) is -1.17. The number of Topliss-reactive ketones (excluding diaryl/α,β-unsaturated/α-hetero) is 1. The number of halogens is 2. The Labute approximate surface area is 108 Å². The van der Waals surface area contributed by atoms with Gasteiger partial charge in [-0.05, 0) is 28.1 Å². The van der Waals surface area contributed by atoms with E-state index in [0.717, 1.165) is 0 Å². The number of benzene rings is 1. The molecule has 1 amide bonds. The summed E-state index contributed by atoms with van der Waals surface area (Å²) in [6.45, 7) is 3.47. The van der Waals surface area contributed by atoms with Crippen molar-refractivity contribution < 1.29 is 14.0 Å². The van der Waals surface area contributed by atoms with Crippen LogP contribution in [0.1, 0.15) is 24.2 Å². The molecule has 0 radical (unpaired) electrons. The van der Waals surface area contributed by atoms with Crippen LogP contribution in [0, 0.1) is 11.7 Å². The topological polar surface area (TPSA) is 46.2 Å². The van der Waals surface area contributed by atoms with Crippen molar-refractivity contribution >= 4 is 27.6 Å². The Morgan fingerprint density at radius 1 is 1.41 bits per heavy atom. The van der Waals surface area contributed by atoms with Crippen molar-refractivity contribution in [3.63, 3.8) is 0 Å².